The lowest BCUT2D eigenvalue weighted by Gasteiger charge is -2.13. The van der Waals surface area contributed by atoms with E-state index in [0.29, 0.717) is 18.5 Å². The van der Waals surface area contributed by atoms with E-state index in [1.54, 1.807) is 0 Å². The number of benzene rings is 1. The van der Waals surface area contributed by atoms with Crippen LogP contribution < -0.4 is 11.5 Å². The summed E-state index contributed by atoms with van der Waals surface area (Å²) in [6.07, 6.45) is 0.498. The minimum Gasteiger partial charge on any atom is -0.504 e. The molecule has 0 radical (unpaired) electrons. The van der Waals surface area contributed by atoms with Gasteiger partial charge in [0.25, 0.3) is 0 Å². The van der Waals surface area contributed by atoms with Gasteiger partial charge in [-0.3, -0.25) is 0 Å². The summed E-state index contributed by atoms with van der Waals surface area (Å²) in [7, 11) is 0. The Morgan fingerprint density at radius 2 is 1.79 bits per heavy atom. The van der Waals surface area contributed by atoms with Crippen LogP contribution >= 0.6 is 0 Å². The van der Waals surface area contributed by atoms with Crippen LogP contribution in [0, 0.1) is 0 Å². The first-order valence-electron chi connectivity index (χ1n) is 4.27. The molecule has 7 N–H and O–H groups in total. The third-order valence-electron chi connectivity index (χ3n) is 2.04. The number of aromatic hydroxyl groups is 3. The van der Waals surface area contributed by atoms with Gasteiger partial charge >= 0.3 is 0 Å². The molecule has 0 saturated heterocycles. The van der Waals surface area contributed by atoms with Crippen LogP contribution in [0.5, 0.6) is 17.2 Å². The monoisotopic (exact) mass is 198 g/mol. The summed E-state index contributed by atoms with van der Waals surface area (Å²) < 4.78 is 0. The van der Waals surface area contributed by atoms with Crippen LogP contribution in [-0.4, -0.2) is 21.9 Å². The van der Waals surface area contributed by atoms with Crippen LogP contribution in [-0.2, 0) is 0 Å². The molecule has 0 bridgehead atoms. The number of hydrogen-bond donors (Lipinski definition) is 5. The molecule has 0 aliphatic rings. The minimum absolute atomic E-state index is 0.369. The van der Waals surface area contributed by atoms with E-state index in [1.807, 2.05) is 0 Å². The summed E-state index contributed by atoms with van der Waals surface area (Å²) in [5, 5.41) is 27.7. The summed E-state index contributed by atoms with van der Waals surface area (Å²) in [5.74, 6) is -1.30. The third-order valence-corrected chi connectivity index (χ3v) is 2.04. The topological polar surface area (TPSA) is 113 Å². The minimum atomic E-state index is -0.546. The molecule has 1 aromatic rings. The van der Waals surface area contributed by atoms with E-state index in [0.717, 1.165) is 0 Å². The van der Waals surface area contributed by atoms with Crippen molar-refractivity contribution in [2.45, 2.75) is 12.5 Å². The number of rotatable bonds is 3. The average Bonchev–Trinajstić information content (AvgIpc) is 2.15. The fourth-order valence-corrected chi connectivity index (χ4v) is 1.22. The van der Waals surface area contributed by atoms with E-state index in [-0.39, 0.29) is 11.5 Å². The quantitative estimate of drug-likeness (QED) is 0.444. The van der Waals surface area contributed by atoms with E-state index < -0.39 is 11.8 Å². The summed E-state index contributed by atoms with van der Waals surface area (Å²) in [5.41, 5.74) is 11.4. The van der Waals surface area contributed by atoms with Crippen LogP contribution in [0.15, 0.2) is 12.1 Å². The molecule has 5 heteroatoms. The van der Waals surface area contributed by atoms with Crippen LogP contribution in [0.3, 0.4) is 0 Å². The summed E-state index contributed by atoms with van der Waals surface area (Å²) in [6, 6.07) is 2.30. The number of nitrogens with two attached hydrogens (primary N) is 2. The highest BCUT2D eigenvalue weighted by molar-refractivity contribution is 5.53. The van der Waals surface area contributed by atoms with Gasteiger partial charge in [0, 0.05) is 11.6 Å². The van der Waals surface area contributed by atoms with Gasteiger partial charge in [0.1, 0.15) is 0 Å². The highest BCUT2D eigenvalue weighted by atomic mass is 16.3. The summed E-state index contributed by atoms with van der Waals surface area (Å²) in [4.78, 5) is 0. The zero-order valence-corrected chi connectivity index (χ0v) is 7.64. The third kappa shape index (κ3) is 1.89. The SMILES string of the molecule is NCCC(N)c1ccc(O)c(O)c1O. The van der Waals surface area contributed by atoms with Gasteiger partial charge in [-0.25, -0.2) is 0 Å². The molecule has 1 atom stereocenters. The highest BCUT2D eigenvalue weighted by Crippen LogP contribution is 2.39. The molecule has 0 saturated carbocycles. The normalized spacial score (nSPS) is 12.7. The second kappa shape index (κ2) is 4.17. The molecule has 0 aromatic heterocycles. The Bertz CT molecular complexity index is 328. The summed E-state index contributed by atoms with van der Waals surface area (Å²) >= 11 is 0. The predicted octanol–water partition coefficient (Wildman–Crippen LogP) is 0.152. The van der Waals surface area contributed by atoms with Crippen molar-refractivity contribution < 1.29 is 15.3 Å². The second-order valence-corrected chi connectivity index (χ2v) is 3.05. The largest absolute Gasteiger partial charge is 0.504 e. The van der Waals surface area contributed by atoms with Gasteiger partial charge in [0.05, 0.1) is 0 Å². The molecule has 1 aromatic carbocycles. The lowest BCUT2D eigenvalue weighted by Crippen LogP contribution is -2.15. The van der Waals surface area contributed by atoms with Gasteiger partial charge in [0.15, 0.2) is 11.5 Å². The molecule has 78 valence electrons. The van der Waals surface area contributed by atoms with E-state index >= 15 is 0 Å². The van der Waals surface area contributed by atoms with Gasteiger partial charge in [0.2, 0.25) is 5.75 Å². The molecule has 5 nitrogen and oxygen atoms in total. The molecule has 0 aliphatic carbocycles. The fraction of sp³-hybridized carbons (Fsp3) is 0.333. The molecule has 0 spiro atoms. The van der Waals surface area contributed by atoms with E-state index in [9.17, 15) is 10.2 Å². The molecule has 1 rings (SSSR count). The van der Waals surface area contributed by atoms with Crippen LogP contribution in [0.4, 0.5) is 0 Å². The number of phenols is 3. The standard InChI is InChI=1S/C9H14N2O3/c10-4-3-6(11)5-1-2-7(12)9(14)8(5)13/h1-2,6,12-14H,3-4,10-11H2. The van der Waals surface area contributed by atoms with Crippen molar-refractivity contribution in [1.82, 2.24) is 0 Å². The number of phenolic OH excluding ortho intramolecular Hbond substituents is 3. The highest BCUT2D eigenvalue weighted by Gasteiger charge is 2.15. The van der Waals surface area contributed by atoms with Gasteiger partial charge in [-0.05, 0) is 25.1 Å². The molecule has 0 aliphatic heterocycles. The maximum atomic E-state index is 9.44. The molecular weight excluding hydrogens is 184 g/mol. The van der Waals surface area contributed by atoms with Crippen molar-refractivity contribution >= 4 is 0 Å². The second-order valence-electron chi connectivity index (χ2n) is 3.05. The molecule has 1 unspecified atom stereocenters. The Kier molecular flexibility index (Phi) is 3.16. The van der Waals surface area contributed by atoms with E-state index in [4.69, 9.17) is 16.6 Å². The predicted molar refractivity (Wildman–Crippen MR) is 52.0 cm³/mol. The van der Waals surface area contributed by atoms with Gasteiger partial charge < -0.3 is 26.8 Å². The molecule has 14 heavy (non-hydrogen) atoms. The lowest BCUT2D eigenvalue weighted by atomic mass is 10.0. The van der Waals surface area contributed by atoms with Crippen molar-refractivity contribution in [3.05, 3.63) is 17.7 Å². The smallest absolute Gasteiger partial charge is 0.200 e. The van der Waals surface area contributed by atoms with E-state index in [2.05, 4.69) is 0 Å². The molecule has 0 fully saturated rings. The fourth-order valence-electron chi connectivity index (χ4n) is 1.22. The number of hydrogen-bond acceptors (Lipinski definition) is 5. The average molecular weight is 198 g/mol. The van der Waals surface area contributed by atoms with Gasteiger partial charge in [-0.1, -0.05) is 0 Å². The first kappa shape index (κ1) is 10.6. The van der Waals surface area contributed by atoms with E-state index in [1.165, 1.54) is 12.1 Å². The Morgan fingerprint density at radius 1 is 1.14 bits per heavy atom. The summed E-state index contributed by atoms with van der Waals surface area (Å²) in [6.45, 7) is 0.391. The zero-order chi connectivity index (χ0) is 10.7. The maximum absolute atomic E-state index is 9.44. The van der Waals surface area contributed by atoms with Crippen molar-refractivity contribution in [3.8, 4) is 17.2 Å². The molecule has 0 heterocycles. The van der Waals surface area contributed by atoms with Crippen molar-refractivity contribution in [3.63, 3.8) is 0 Å². The van der Waals surface area contributed by atoms with Crippen LogP contribution in [0.2, 0.25) is 0 Å². The van der Waals surface area contributed by atoms with Gasteiger partial charge in [-0.15, -0.1) is 0 Å². The van der Waals surface area contributed by atoms with Crippen molar-refractivity contribution in [2.75, 3.05) is 6.54 Å². The zero-order valence-electron chi connectivity index (χ0n) is 7.64. The van der Waals surface area contributed by atoms with Gasteiger partial charge in [-0.2, -0.15) is 0 Å². The Balaban J connectivity index is 3.04. The Morgan fingerprint density at radius 3 is 2.36 bits per heavy atom. The molecule has 0 amide bonds. The van der Waals surface area contributed by atoms with Crippen LogP contribution in [0.1, 0.15) is 18.0 Å². The van der Waals surface area contributed by atoms with Crippen molar-refractivity contribution in [2.24, 2.45) is 11.5 Å². The first-order chi connectivity index (χ1) is 6.57. The maximum Gasteiger partial charge on any atom is 0.200 e. The lowest BCUT2D eigenvalue weighted by molar-refractivity contribution is 0.362. The Hall–Kier alpha value is -1.46. The molecular formula is C9H14N2O3. The first-order valence-corrected chi connectivity index (χ1v) is 4.27. The van der Waals surface area contributed by atoms with Crippen LogP contribution in [0.25, 0.3) is 0 Å². The van der Waals surface area contributed by atoms with Crippen molar-refractivity contribution in [1.29, 1.82) is 0 Å². The Labute approximate surface area is 81.6 Å².